The number of rotatable bonds is 10. The maximum Gasteiger partial charge on any atom is 0.341 e. The van der Waals surface area contributed by atoms with E-state index in [0.717, 1.165) is 48.1 Å². The van der Waals surface area contributed by atoms with E-state index in [4.69, 9.17) is 14.9 Å². The lowest BCUT2D eigenvalue weighted by Crippen LogP contribution is -2.32. The lowest BCUT2D eigenvalue weighted by atomic mass is 9.76. The van der Waals surface area contributed by atoms with Gasteiger partial charge in [-0.25, -0.2) is 9.48 Å². The van der Waals surface area contributed by atoms with Crippen LogP contribution in [-0.2, 0) is 17.8 Å². The van der Waals surface area contributed by atoms with E-state index in [0.29, 0.717) is 24.1 Å². The maximum atomic E-state index is 13.0. The largest absolute Gasteiger partial charge is 0.482 e. The Morgan fingerprint density at radius 1 is 0.872 bits per heavy atom. The van der Waals surface area contributed by atoms with Crippen LogP contribution in [0.4, 0.5) is 0 Å². The van der Waals surface area contributed by atoms with Gasteiger partial charge in [-0.05, 0) is 66.0 Å². The van der Waals surface area contributed by atoms with Crippen molar-refractivity contribution in [2.24, 2.45) is 11.8 Å². The summed E-state index contributed by atoms with van der Waals surface area (Å²) in [5, 5.41) is 13.9. The van der Waals surface area contributed by atoms with E-state index in [-0.39, 0.29) is 18.1 Å². The molecule has 5 rings (SSSR count). The third-order valence-corrected chi connectivity index (χ3v) is 7.68. The summed E-state index contributed by atoms with van der Waals surface area (Å²) in [4.78, 5) is 23.9. The van der Waals surface area contributed by atoms with Crippen LogP contribution in [0.1, 0.15) is 54.0 Å². The smallest absolute Gasteiger partial charge is 0.341 e. The molecule has 1 aliphatic rings. The Morgan fingerprint density at radius 2 is 1.54 bits per heavy atom. The molecule has 1 aromatic heterocycles. The molecule has 0 aliphatic heterocycles. The Hall–Kier alpha value is -4.19. The van der Waals surface area contributed by atoms with Crippen LogP contribution < -0.4 is 10.3 Å². The molecular weight excluding hydrogens is 488 g/mol. The zero-order chi connectivity index (χ0) is 27.0. The van der Waals surface area contributed by atoms with Crippen LogP contribution in [0.15, 0.2) is 102 Å². The minimum absolute atomic E-state index is 0.0602. The minimum Gasteiger partial charge on any atom is -0.482 e. The summed E-state index contributed by atoms with van der Waals surface area (Å²) in [7, 11) is 0. The quantitative estimate of drug-likeness (QED) is 0.279. The highest BCUT2D eigenvalue weighted by Crippen LogP contribution is 2.35. The van der Waals surface area contributed by atoms with Crippen LogP contribution in [0.2, 0.25) is 0 Å². The Labute approximate surface area is 228 Å². The summed E-state index contributed by atoms with van der Waals surface area (Å²) in [5.74, 6) is 0.255. The van der Waals surface area contributed by atoms with Crippen LogP contribution in [-0.4, -0.2) is 27.5 Å². The van der Waals surface area contributed by atoms with Crippen LogP contribution in [0.3, 0.4) is 0 Å². The third-order valence-electron chi connectivity index (χ3n) is 7.68. The van der Waals surface area contributed by atoms with Gasteiger partial charge in [-0.1, -0.05) is 85.6 Å². The summed E-state index contributed by atoms with van der Waals surface area (Å²) in [6.07, 6.45) is 5.33. The zero-order valence-corrected chi connectivity index (χ0v) is 22.0. The third kappa shape index (κ3) is 6.82. The van der Waals surface area contributed by atoms with Crippen molar-refractivity contribution in [2.75, 3.05) is 6.61 Å². The molecule has 3 aromatic carbocycles. The van der Waals surface area contributed by atoms with Crippen LogP contribution in [0, 0.1) is 11.8 Å². The number of hydrogen-bond donors (Lipinski definition) is 1. The average Bonchev–Trinajstić information content (AvgIpc) is 2.96. The normalized spacial score (nSPS) is 17.2. The highest BCUT2D eigenvalue weighted by atomic mass is 16.5. The highest BCUT2D eigenvalue weighted by molar-refractivity contribution is 5.68. The minimum atomic E-state index is -0.991. The standard InChI is InChI=1S/C33H34N2O4/c36-31-19-18-30(33(25-11-3-1-4-12-25)26-13-5-2-6-14-26)34-35(31)22-28-16-8-7-15-27(28)20-24-10-9-17-29(21-24)39-23-32(37)38/h1-6,9-14,17-19,21,27-28,33H,7-8,15-16,20,22-23H2,(H,37,38). The van der Waals surface area contributed by atoms with E-state index in [1.54, 1.807) is 16.8 Å². The summed E-state index contributed by atoms with van der Waals surface area (Å²) in [5.41, 5.74) is 4.19. The number of carboxylic acid groups (broad SMARTS) is 1. The number of nitrogens with zero attached hydrogens (tertiary/aromatic N) is 2. The lowest BCUT2D eigenvalue weighted by molar-refractivity contribution is -0.139. The second-order valence-corrected chi connectivity index (χ2v) is 10.4. The Morgan fingerprint density at radius 3 is 2.21 bits per heavy atom. The van der Waals surface area contributed by atoms with Gasteiger partial charge in [0, 0.05) is 12.6 Å². The van der Waals surface area contributed by atoms with Gasteiger partial charge in [-0.15, -0.1) is 0 Å². The van der Waals surface area contributed by atoms with Crippen LogP contribution in [0.5, 0.6) is 5.75 Å². The number of carboxylic acids is 1. The number of carbonyl (C=O) groups is 1. The molecule has 0 amide bonds. The van der Waals surface area contributed by atoms with Gasteiger partial charge < -0.3 is 9.84 Å². The molecule has 0 spiro atoms. The summed E-state index contributed by atoms with van der Waals surface area (Å²) >= 11 is 0. The second-order valence-electron chi connectivity index (χ2n) is 10.4. The molecule has 6 heteroatoms. The number of benzene rings is 3. The fourth-order valence-corrected chi connectivity index (χ4v) is 5.80. The Balaban J connectivity index is 1.39. The van der Waals surface area contributed by atoms with Gasteiger partial charge in [0.15, 0.2) is 6.61 Å². The van der Waals surface area contributed by atoms with Crippen LogP contribution in [0.25, 0.3) is 0 Å². The van der Waals surface area contributed by atoms with Crippen molar-refractivity contribution >= 4 is 5.97 Å². The number of hydrogen-bond acceptors (Lipinski definition) is 4. The maximum absolute atomic E-state index is 13.0. The van der Waals surface area contributed by atoms with Gasteiger partial charge >= 0.3 is 5.97 Å². The number of aromatic nitrogens is 2. The first-order valence-corrected chi connectivity index (χ1v) is 13.7. The summed E-state index contributed by atoms with van der Waals surface area (Å²) < 4.78 is 7.06. The molecule has 0 bridgehead atoms. The van der Waals surface area contributed by atoms with Crippen molar-refractivity contribution in [3.63, 3.8) is 0 Å². The lowest BCUT2D eigenvalue weighted by Gasteiger charge is -2.32. The van der Waals surface area contributed by atoms with Gasteiger partial charge in [0.05, 0.1) is 11.6 Å². The molecule has 1 heterocycles. The number of aliphatic carboxylic acids is 1. The van der Waals surface area contributed by atoms with Crippen LogP contribution >= 0.6 is 0 Å². The van der Waals surface area contributed by atoms with Crippen molar-refractivity contribution in [1.82, 2.24) is 9.78 Å². The van der Waals surface area contributed by atoms with Gasteiger partial charge in [0.1, 0.15) is 5.75 Å². The van der Waals surface area contributed by atoms with E-state index < -0.39 is 5.97 Å². The first-order valence-electron chi connectivity index (χ1n) is 13.7. The van der Waals surface area contributed by atoms with E-state index in [9.17, 15) is 9.59 Å². The molecule has 4 aromatic rings. The first-order chi connectivity index (χ1) is 19.1. The molecule has 2 atom stereocenters. The molecule has 0 saturated heterocycles. The molecule has 39 heavy (non-hydrogen) atoms. The summed E-state index contributed by atoms with van der Waals surface area (Å²) in [6.45, 7) is 0.232. The highest BCUT2D eigenvalue weighted by Gasteiger charge is 2.27. The zero-order valence-electron chi connectivity index (χ0n) is 22.0. The van der Waals surface area contributed by atoms with Gasteiger partial charge in [-0.3, -0.25) is 4.79 Å². The Kier molecular flexibility index (Phi) is 8.51. The van der Waals surface area contributed by atoms with E-state index in [1.165, 1.54) is 6.42 Å². The molecular formula is C33H34N2O4. The van der Waals surface area contributed by atoms with Gasteiger partial charge in [-0.2, -0.15) is 5.10 Å². The molecule has 200 valence electrons. The molecule has 0 radical (unpaired) electrons. The molecule has 1 N–H and O–H groups in total. The van der Waals surface area contributed by atoms with Crippen molar-refractivity contribution in [3.05, 3.63) is 130 Å². The first kappa shape index (κ1) is 26.4. The van der Waals surface area contributed by atoms with Crippen molar-refractivity contribution in [1.29, 1.82) is 0 Å². The predicted molar refractivity (Wildman–Crippen MR) is 151 cm³/mol. The molecule has 1 fully saturated rings. The molecule has 2 unspecified atom stereocenters. The van der Waals surface area contributed by atoms with Gasteiger partial charge in [0.25, 0.3) is 5.56 Å². The monoisotopic (exact) mass is 522 g/mol. The predicted octanol–water partition coefficient (Wildman–Crippen LogP) is 5.94. The second kappa shape index (κ2) is 12.6. The fraction of sp³-hybridized carbons (Fsp3) is 0.303. The molecule has 6 nitrogen and oxygen atoms in total. The van der Waals surface area contributed by atoms with E-state index in [1.807, 2.05) is 54.6 Å². The fourth-order valence-electron chi connectivity index (χ4n) is 5.80. The van der Waals surface area contributed by atoms with Crippen molar-refractivity contribution in [2.45, 2.75) is 44.6 Å². The van der Waals surface area contributed by atoms with E-state index >= 15 is 0 Å². The van der Waals surface area contributed by atoms with Crippen molar-refractivity contribution in [3.8, 4) is 5.75 Å². The molecule has 1 saturated carbocycles. The Bertz CT molecular complexity index is 1400. The van der Waals surface area contributed by atoms with Crippen molar-refractivity contribution < 1.29 is 14.6 Å². The molecule has 1 aliphatic carbocycles. The average molecular weight is 523 g/mol. The van der Waals surface area contributed by atoms with Gasteiger partial charge in [0.2, 0.25) is 0 Å². The number of ether oxygens (including phenoxy) is 1. The SMILES string of the molecule is O=C(O)COc1cccc(CC2CCCCC2Cn2nc(C(c3ccccc3)c3ccccc3)ccc2=O)c1. The summed E-state index contributed by atoms with van der Waals surface area (Å²) in [6, 6.07) is 31.8. The van der Waals surface area contributed by atoms with E-state index in [2.05, 4.69) is 30.3 Å². The topological polar surface area (TPSA) is 81.4 Å².